The van der Waals surface area contributed by atoms with E-state index in [-0.39, 0.29) is 5.56 Å². The molecule has 3 rings (SSSR count). The van der Waals surface area contributed by atoms with E-state index in [9.17, 15) is 4.79 Å². The van der Waals surface area contributed by atoms with Crippen LogP contribution in [-0.2, 0) is 0 Å². The van der Waals surface area contributed by atoms with E-state index in [0.717, 1.165) is 5.69 Å². The number of halogens is 1. The molecule has 0 unspecified atom stereocenters. The van der Waals surface area contributed by atoms with E-state index in [1.807, 2.05) is 6.07 Å². The summed E-state index contributed by atoms with van der Waals surface area (Å²) in [5, 5.41) is 0.625. The Balaban J connectivity index is 2.42. The molecule has 0 radical (unpaired) electrons. The summed E-state index contributed by atoms with van der Waals surface area (Å²) in [5.41, 5.74) is 2.22. The lowest BCUT2D eigenvalue weighted by molar-refractivity contribution is 0.959. The second-order valence-electron chi connectivity index (χ2n) is 4.16. The zero-order valence-corrected chi connectivity index (χ0v) is 10.9. The standard InChI is InChI=1S/C14H10ClN3O/c1-9-14(19)18(11-6-4-10(15)5-7-11)13-12(17-9)3-2-8-16-13/h2-8H,1H3. The molecular weight excluding hydrogens is 262 g/mol. The zero-order chi connectivity index (χ0) is 13.4. The van der Waals surface area contributed by atoms with E-state index in [0.29, 0.717) is 21.9 Å². The Labute approximate surface area is 114 Å². The molecule has 2 heterocycles. The van der Waals surface area contributed by atoms with Crippen LogP contribution >= 0.6 is 11.6 Å². The largest absolute Gasteiger partial charge is 0.278 e. The summed E-state index contributed by atoms with van der Waals surface area (Å²) in [5.74, 6) is 0. The first-order chi connectivity index (χ1) is 9.16. The normalized spacial score (nSPS) is 10.8. The van der Waals surface area contributed by atoms with Crippen molar-refractivity contribution in [3.8, 4) is 5.69 Å². The summed E-state index contributed by atoms with van der Waals surface area (Å²) in [4.78, 5) is 20.8. The average molecular weight is 272 g/mol. The molecule has 2 aromatic heterocycles. The molecule has 94 valence electrons. The molecule has 0 saturated heterocycles. The number of hydrogen-bond acceptors (Lipinski definition) is 3. The number of aromatic nitrogens is 3. The lowest BCUT2D eigenvalue weighted by atomic mass is 10.3. The molecule has 4 nitrogen and oxygen atoms in total. The van der Waals surface area contributed by atoms with Gasteiger partial charge < -0.3 is 0 Å². The van der Waals surface area contributed by atoms with Crippen LogP contribution in [0, 0.1) is 6.92 Å². The Kier molecular flexibility index (Phi) is 2.80. The van der Waals surface area contributed by atoms with Crippen molar-refractivity contribution in [2.75, 3.05) is 0 Å². The molecule has 0 saturated carbocycles. The van der Waals surface area contributed by atoms with Crippen molar-refractivity contribution < 1.29 is 0 Å². The van der Waals surface area contributed by atoms with Crippen LogP contribution < -0.4 is 5.56 Å². The molecule has 19 heavy (non-hydrogen) atoms. The van der Waals surface area contributed by atoms with Crippen molar-refractivity contribution in [1.82, 2.24) is 14.5 Å². The molecule has 0 fully saturated rings. The summed E-state index contributed by atoms with van der Waals surface area (Å²) in [6.45, 7) is 1.70. The molecule has 0 aliphatic carbocycles. The van der Waals surface area contributed by atoms with E-state index in [1.165, 1.54) is 0 Å². The van der Waals surface area contributed by atoms with Crippen LogP contribution in [0.4, 0.5) is 0 Å². The minimum Gasteiger partial charge on any atom is -0.267 e. The topological polar surface area (TPSA) is 47.8 Å². The van der Waals surface area contributed by atoms with Gasteiger partial charge in [-0.25, -0.2) is 9.97 Å². The fourth-order valence-corrected chi connectivity index (χ4v) is 2.09. The Hall–Kier alpha value is -2.20. The van der Waals surface area contributed by atoms with E-state index >= 15 is 0 Å². The molecule has 0 atom stereocenters. The van der Waals surface area contributed by atoms with Crippen molar-refractivity contribution >= 4 is 22.8 Å². The Bertz CT molecular complexity index is 809. The highest BCUT2D eigenvalue weighted by Gasteiger charge is 2.10. The Morgan fingerprint density at radius 2 is 1.89 bits per heavy atom. The first-order valence-corrected chi connectivity index (χ1v) is 6.15. The van der Waals surface area contributed by atoms with Gasteiger partial charge in [0.05, 0.1) is 5.69 Å². The van der Waals surface area contributed by atoms with Gasteiger partial charge in [-0.1, -0.05) is 11.6 Å². The molecule has 0 amide bonds. The predicted octanol–water partition coefficient (Wildman–Crippen LogP) is 2.74. The minimum atomic E-state index is -0.173. The van der Waals surface area contributed by atoms with Crippen LogP contribution in [0.15, 0.2) is 47.4 Å². The number of fused-ring (bicyclic) bond motifs is 1. The van der Waals surface area contributed by atoms with Crippen LogP contribution in [0.1, 0.15) is 5.69 Å². The molecule has 0 bridgehead atoms. The second kappa shape index (κ2) is 4.48. The summed E-state index contributed by atoms with van der Waals surface area (Å²) in [6.07, 6.45) is 1.64. The predicted molar refractivity (Wildman–Crippen MR) is 74.9 cm³/mol. The third kappa shape index (κ3) is 2.00. The van der Waals surface area contributed by atoms with Gasteiger partial charge in [-0.15, -0.1) is 0 Å². The molecule has 0 spiro atoms. The highest BCUT2D eigenvalue weighted by molar-refractivity contribution is 6.30. The fraction of sp³-hybridized carbons (Fsp3) is 0.0714. The molecular formula is C14H10ClN3O. The summed E-state index contributed by atoms with van der Waals surface area (Å²) < 4.78 is 1.55. The number of pyridine rings is 1. The molecule has 0 N–H and O–H groups in total. The zero-order valence-electron chi connectivity index (χ0n) is 10.2. The molecule has 3 aromatic rings. The van der Waals surface area contributed by atoms with Crippen molar-refractivity contribution in [3.05, 3.63) is 63.7 Å². The van der Waals surface area contributed by atoms with Gasteiger partial charge in [0.25, 0.3) is 5.56 Å². The van der Waals surface area contributed by atoms with Gasteiger partial charge in [0.15, 0.2) is 5.65 Å². The van der Waals surface area contributed by atoms with Crippen LogP contribution in [0.5, 0.6) is 0 Å². The van der Waals surface area contributed by atoms with Crippen molar-refractivity contribution in [2.45, 2.75) is 6.92 Å². The molecule has 0 aliphatic rings. The quantitative estimate of drug-likeness (QED) is 0.684. The Morgan fingerprint density at radius 1 is 1.16 bits per heavy atom. The van der Waals surface area contributed by atoms with Crippen molar-refractivity contribution in [1.29, 1.82) is 0 Å². The number of benzene rings is 1. The maximum Gasteiger partial charge on any atom is 0.278 e. The van der Waals surface area contributed by atoms with E-state index in [2.05, 4.69) is 9.97 Å². The fourth-order valence-electron chi connectivity index (χ4n) is 1.96. The van der Waals surface area contributed by atoms with Crippen molar-refractivity contribution in [3.63, 3.8) is 0 Å². The first-order valence-electron chi connectivity index (χ1n) is 5.77. The summed E-state index contributed by atoms with van der Waals surface area (Å²) >= 11 is 5.87. The highest BCUT2D eigenvalue weighted by atomic mass is 35.5. The van der Waals surface area contributed by atoms with Gasteiger partial charge in [-0.3, -0.25) is 9.36 Å². The SMILES string of the molecule is Cc1nc2cccnc2n(-c2ccc(Cl)cc2)c1=O. The summed E-state index contributed by atoms with van der Waals surface area (Å²) in [6, 6.07) is 10.7. The monoisotopic (exact) mass is 271 g/mol. The van der Waals surface area contributed by atoms with Crippen LogP contribution in [0.25, 0.3) is 16.9 Å². The lowest BCUT2D eigenvalue weighted by Crippen LogP contribution is -2.23. The van der Waals surface area contributed by atoms with Crippen LogP contribution in [-0.4, -0.2) is 14.5 Å². The van der Waals surface area contributed by atoms with Crippen LogP contribution in [0.3, 0.4) is 0 Å². The second-order valence-corrected chi connectivity index (χ2v) is 4.60. The first kappa shape index (κ1) is 11.9. The van der Waals surface area contributed by atoms with Crippen LogP contribution in [0.2, 0.25) is 5.02 Å². The molecule has 5 heteroatoms. The lowest BCUT2D eigenvalue weighted by Gasteiger charge is -2.09. The van der Waals surface area contributed by atoms with Crippen molar-refractivity contribution in [2.24, 2.45) is 0 Å². The third-order valence-electron chi connectivity index (χ3n) is 2.86. The number of aryl methyl sites for hydroxylation is 1. The van der Waals surface area contributed by atoms with E-state index < -0.39 is 0 Å². The number of rotatable bonds is 1. The van der Waals surface area contributed by atoms with Gasteiger partial charge in [0.2, 0.25) is 0 Å². The number of hydrogen-bond donors (Lipinski definition) is 0. The molecule has 0 aliphatic heterocycles. The number of nitrogens with zero attached hydrogens (tertiary/aromatic N) is 3. The Morgan fingerprint density at radius 3 is 2.63 bits per heavy atom. The maximum atomic E-state index is 12.3. The van der Waals surface area contributed by atoms with Gasteiger partial charge in [0, 0.05) is 11.2 Å². The van der Waals surface area contributed by atoms with Gasteiger partial charge in [-0.05, 0) is 43.3 Å². The third-order valence-corrected chi connectivity index (χ3v) is 3.12. The van der Waals surface area contributed by atoms with E-state index in [4.69, 9.17) is 11.6 Å². The smallest absolute Gasteiger partial charge is 0.267 e. The van der Waals surface area contributed by atoms with Gasteiger partial charge in [0.1, 0.15) is 11.2 Å². The summed E-state index contributed by atoms with van der Waals surface area (Å²) in [7, 11) is 0. The van der Waals surface area contributed by atoms with Gasteiger partial charge >= 0.3 is 0 Å². The van der Waals surface area contributed by atoms with E-state index in [1.54, 1.807) is 48.0 Å². The molecule has 1 aromatic carbocycles. The maximum absolute atomic E-state index is 12.3. The minimum absolute atomic E-state index is 0.173. The van der Waals surface area contributed by atoms with Gasteiger partial charge in [-0.2, -0.15) is 0 Å². The highest BCUT2D eigenvalue weighted by Crippen LogP contribution is 2.16. The average Bonchev–Trinajstić information content (AvgIpc) is 2.42.